The molecule has 1 atom stereocenters. The van der Waals surface area contributed by atoms with Gasteiger partial charge in [-0.25, -0.2) is 9.97 Å². The minimum Gasteiger partial charge on any atom is -0.368 e. The summed E-state index contributed by atoms with van der Waals surface area (Å²) in [7, 11) is 0. The lowest BCUT2D eigenvalue weighted by Crippen LogP contribution is -2.34. The Labute approximate surface area is 107 Å². The summed E-state index contributed by atoms with van der Waals surface area (Å²) in [5, 5.41) is 3.91. The molecule has 1 N–H and O–H groups in total. The molecule has 1 aliphatic heterocycles. The zero-order chi connectivity index (χ0) is 12.3. The summed E-state index contributed by atoms with van der Waals surface area (Å²) >= 11 is 5.96. The lowest BCUT2D eigenvalue weighted by atomic mass is 10.2. The zero-order valence-electron chi connectivity index (χ0n) is 10.4. The van der Waals surface area contributed by atoms with Gasteiger partial charge in [-0.2, -0.15) is 0 Å². The fourth-order valence-corrected chi connectivity index (χ4v) is 2.50. The highest BCUT2D eigenvalue weighted by molar-refractivity contribution is 6.30. The van der Waals surface area contributed by atoms with Crippen molar-refractivity contribution in [2.45, 2.75) is 32.7 Å². The van der Waals surface area contributed by atoms with Crippen LogP contribution in [0, 0.1) is 6.92 Å². The van der Waals surface area contributed by atoms with Gasteiger partial charge in [0.15, 0.2) is 0 Å². The number of halogens is 1. The van der Waals surface area contributed by atoms with E-state index in [0.29, 0.717) is 11.2 Å². The maximum absolute atomic E-state index is 5.96. The van der Waals surface area contributed by atoms with Crippen LogP contribution < -0.4 is 5.32 Å². The Morgan fingerprint density at radius 1 is 1.53 bits per heavy atom. The predicted octanol–water partition coefficient (Wildman–Crippen LogP) is 2.33. The van der Waals surface area contributed by atoms with E-state index in [4.69, 9.17) is 11.6 Å². The van der Waals surface area contributed by atoms with Crippen LogP contribution in [0.1, 0.15) is 25.3 Å². The average Bonchev–Trinajstić information content (AvgIpc) is 2.78. The van der Waals surface area contributed by atoms with Gasteiger partial charge in [-0.15, -0.1) is 0 Å². The summed E-state index contributed by atoms with van der Waals surface area (Å²) in [6, 6.07) is 0.619. The molecular formula is C12H19ClN4. The van der Waals surface area contributed by atoms with Crippen molar-refractivity contribution >= 4 is 17.4 Å². The van der Waals surface area contributed by atoms with Crippen molar-refractivity contribution in [3.05, 3.63) is 17.0 Å². The molecule has 4 nitrogen and oxygen atoms in total. The summed E-state index contributed by atoms with van der Waals surface area (Å²) in [6.07, 6.45) is 4.06. The zero-order valence-corrected chi connectivity index (χ0v) is 11.2. The first kappa shape index (κ1) is 12.6. The number of rotatable bonds is 4. The van der Waals surface area contributed by atoms with Crippen molar-refractivity contribution < 1.29 is 0 Å². The second kappa shape index (κ2) is 5.65. The summed E-state index contributed by atoms with van der Waals surface area (Å²) in [6.45, 7) is 7.42. The summed E-state index contributed by atoms with van der Waals surface area (Å²) < 4.78 is 0. The molecule has 2 heterocycles. The van der Waals surface area contributed by atoms with Gasteiger partial charge >= 0.3 is 0 Å². The van der Waals surface area contributed by atoms with Crippen LogP contribution in [0.4, 0.5) is 5.82 Å². The van der Waals surface area contributed by atoms with Gasteiger partial charge < -0.3 is 5.32 Å². The largest absolute Gasteiger partial charge is 0.368 e. The van der Waals surface area contributed by atoms with Gasteiger partial charge in [0.05, 0.1) is 0 Å². The summed E-state index contributed by atoms with van der Waals surface area (Å²) in [4.78, 5) is 10.7. The van der Waals surface area contributed by atoms with Crippen LogP contribution in [0.2, 0.25) is 5.15 Å². The number of likely N-dealkylation sites (tertiary alicyclic amines) is 1. The minimum absolute atomic E-state index is 0.529. The standard InChI is InChI=1S/C12H19ClN4/c1-3-17-6-4-5-10(17)7-14-12-9(2)11(13)15-8-16-12/h8,10H,3-7H2,1-2H3,(H,14,15,16). The van der Waals surface area contributed by atoms with Gasteiger partial charge in [-0.1, -0.05) is 18.5 Å². The summed E-state index contributed by atoms with van der Waals surface area (Å²) in [5.74, 6) is 0.855. The van der Waals surface area contributed by atoms with E-state index in [1.54, 1.807) is 0 Å². The van der Waals surface area contributed by atoms with Gasteiger partial charge in [0.2, 0.25) is 0 Å². The molecule has 17 heavy (non-hydrogen) atoms. The monoisotopic (exact) mass is 254 g/mol. The van der Waals surface area contributed by atoms with E-state index in [9.17, 15) is 0 Å². The fourth-order valence-electron chi connectivity index (χ4n) is 2.36. The molecule has 0 radical (unpaired) electrons. The van der Waals surface area contributed by atoms with Gasteiger partial charge in [0.25, 0.3) is 0 Å². The second-order valence-corrected chi connectivity index (χ2v) is 4.80. The van der Waals surface area contributed by atoms with Crippen LogP contribution in [-0.4, -0.2) is 40.5 Å². The molecule has 1 unspecified atom stereocenters. The highest BCUT2D eigenvalue weighted by atomic mass is 35.5. The van der Waals surface area contributed by atoms with Crippen molar-refractivity contribution in [3.8, 4) is 0 Å². The number of anilines is 1. The predicted molar refractivity (Wildman–Crippen MR) is 70.5 cm³/mol. The van der Waals surface area contributed by atoms with Gasteiger partial charge in [0.1, 0.15) is 17.3 Å². The second-order valence-electron chi connectivity index (χ2n) is 4.44. The number of hydrogen-bond donors (Lipinski definition) is 1. The first-order valence-electron chi connectivity index (χ1n) is 6.17. The number of likely N-dealkylation sites (N-methyl/N-ethyl adjacent to an activating group) is 1. The third kappa shape index (κ3) is 2.87. The van der Waals surface area contributed by atoms with Crippen molar-refractivity contribution in [1.82, 2.24) is 14.9 Å². The molecule has 0 aromatic carbocycles. The molecule has 0 spiro atoms. The van der Waals surface area contributed by atoms with Crippen LogP contribution in [0.15, 0.2) is 6.33 Å². The smallest absolute Gasteiger partial charge is 0.137 e. The van der Waals surface area contributed by atoms with Crippen molar-refractivity contribution in [2.75, 3.05) is 25.0 Å². The first-order valence-corrected chi connectivity index (χ1v) is 6.55. The Morgan fingerprint density at radius 2 is 2.35 bits per heavy atom. The molecule has 1 aromatic heterocycles. The van der Waals surface area contributed by atoms with E-state index in [2.05, 4.69) is 27.1 Å². The molecular weight excluding hydrogens is 236 g/mol. The van der Waals surface area contributed by atoms with E-state index >= 15 is 0 Å². The number of hydrogen-bond acceptors (Lipinski definition) is 4. The van der Waals surface area contributed by atoms with Crippen LogP contribution in [0.3, 0.4) is 0 Å². The molecule has 94 valence electrons. The molecule has 0 bridgehead atoms. The van der Waals surface area contributed by atoms with Gasteiger partial charge in [-0.05, 0) is 32.9 Å². The van der Waals surface area contributed by atoms with E-state index in [-0.39, 0.29) is 0 Å². The van der Waals surface area contributed by atoms with Gasteiger partial charge in [-0.3, -0.25) is 4.90 Å². The molecule has 2 rings (SSSR count). The summed E-state index contributed by atoms with van der Waals surface area (Å²) in [5.41, 5.74) is 0.926. The maximum atomic E-state index is 5.96. The lowest BCUT2D eigenvalue weighted by molar-refractivity contribution is 0.277. The molecule has 1 fully saturated rings. The van der Waals surface area contributed by atoms with Crippen LogP contribution in [0.25, 0.3) is 0 Å². The fraction of sp³-hybridized carbons (Fsp3) is 0.667. The van der Waals surface area contributed by atoms with Crippen molar-refractivity contribution in [3.63, 3.8) is 0 Å². The van der Waals surface area contributed by atoms with Crippen molar-refractivity contribution in [1.29, 1.82) is 0 Å². The third-order valence-corrected chi connectivity index (χ3v) is 3.81. The third-order valence-electron chi connectivity index (χ3n) is 3.43. The van der Waals surface area contributed by atoms with E-state index < -0.39 is 0 Å². The topological polar surface area (TPSA) is 41.0 Å². The Bertz CT molecular complexity index is 383. The Morgan fingerprint density at radius 3 is 3.12 bits per heavy atom. The molecule has 1 aliphatic rings. The molecule has 0 amide bonds. The molecule has 0 aliphatic carbocycles. The minimum atomic E-state index is 0.529. The van der Waals surface area contributed by atoms with Crippen LogP contribution in [0.5, 0.6) is 0 Å². The number of aromatic nitrogens is 2. The highest BCUT2D eigenvalue weighted by Crippen LogP contribution is 2.20. The van der Waals surface area contributed by atoms with Crippen LogP contribution in [-0.2, 0) is 0 Å². The van der Waals surface area contributed by atoms with Crippen LogP contribution >= 0.6 is 11.6 Å². The Kier molecular flexibility index (Phi) is 4.18. The normalized spacial score (nSPS) is 20.8. The average molecular weight is 255 g/mol. The van der Waals surface area contributed by atoms with E-state index in [0.717, 1.165) is 24.5 Å². The number of nitrogens with one attached hydrogen (secondary N) is 1. The molecule has 0 saturated carbocycles. The maximum Gasteiger partial charge on any atom is 0.137 e. The molecule has 5 heteroatoms. The van der Waals surface area contributed by atoms with E-state index in [1.807, 2.05) is 6.92 Å². The van der Waals surface area contributed by atoms with Gasteiger partial charge in [0, 0.05) is 18.2 Å². The Hall–Kier alpha value is -0.870. The van der Waals surface area contributed by atoms with E-state index in [1.165, 1.54) is 25.7 Å². The molecule has 1 aromatic rings. The first-order chi connectivity index (χ1) is 8.22. The quantitative estimate of drug-likeness (QED) is 0.838. The molecule has 1 saturated heterocycles. The SMILES string of the molecule is CCN1CCCC1CNc1ncnc(Cl)c1C. The van der Waals surface area contributed by atoms with Crippen molar-refractivity contribution in [2.24, 2.45) is 0 Å². The number of nitrogens with zero attached hydrogens (tertiary/aromatic N) is 3. The Balaban J connectivity index is 1.95. The lowest BCUT2D eigenvalue weighted by Gasteiger charge is -2.23. The highest BCUT2D eigenvalue weighted by Gasteiger charge is 2.22.